The van der Waals surface area contributed by atoms with Crippen molar-refractivity contribution < 1.29 is 22.7 Å². The van der Waals surface area contributed by atoms with Crippen LogP contribution in [0.3, 0.4) is 0 Å². The lowest BCUT2D eigenvalue weighted by Gasteiger charge is -2.34. The topological polar surface area (TPSA) is 87.2 Å². The third-order valence-electron chi connectivity index (χ3n) is 5.65. The molecule has 1 fully saturated rings. The number of carbonyl (C=O) groups is 2. The predicted molar refractivity (Wildman–Crippen MR) is 109 cm³/mol. The highest BCUT2D eigenvalue weighted by Crippen LogP contribution is 2.35. The second kappa shape index (κ2) is 8.71. The van der Waals surface area contributed by atoms with Gasteiger partial charge in [0.15, 0.2) is 6.61 Å². The van der Waals surface area contributed by atoms with Crippen molar-refractivity contribution in [3.63, 3.8) is 0 Å². The van der Waals surface area contributed by atoms with Crippen LogP contribution in [0.1, 0.15) is 33.6 Å². The maximum Gasteiger partial charge on any atom is 0.265 e. The minimum absolute atomic E-state index is 0.0856. The van der Waals surface area contributed by atoms with Crippen molar-refractivity contribution in [3.05, 3.63) is 18.2 Å². The van der Waals surface area contributed by atoms with E-state index in [0.29, 0.717) is 43.5 Å². The molecule has 0 bridgehead atoms. The van der Waals surface area contributed by atoms with E-state index in [1.807, 2.05) is 0 Å². The highest BCUT2D eigenvalue weighted by atomic mass is 32.2. The van der Waals surface area contributed by atoms with Crippen LogP contribution in [0.2, 0.25) is 0 Å². The van der Waals surface area contributed by atoms with Gasteiger partial charge in [0.25, 0.3) is 5.91 Å². The lowest BCUT2D eigenvalue weighted by molar-refractivity contribution is -0.133. The molecule has 29 heavy (non-hydrogen) atoms. The number of rotatable bonds is 6. The van der Waals surface area contributed by atoms with Gasteiger partial charge in [-0.2, -0.15) is 4.31 Å². The van der Waals surface area contributed by atoms with Crippen LogP contribution in [-0.2, 0) is 19.6 Å². The molecule has 8 nitrogen and oxygen atoms in total. The van der Waals surface area contributed by atoms with E-state index in [4.69, 9.17) is 4.74 Å². The second-order valence-corrected chi connectivity index (χ2v) is 9.49. The monoisotopic (exact) mass is 423 g/mol. The minimum atomic E-state index is -3.69. The molecular weight excluding hydrogens is 394 g/mol. The largest absolute Gasteiger partial charge is 0.482 e. The number of hydrogen-bond donors (Lipinski definition) is 0. The Kier molecular flexibility index (Phi) is 6.48. The molecular formula is C20H29N3O5S. The molecule has 1 aromatic rings. The molecule has 0 saturated carbocycles. The summed E-state index contributed by atoms with van der Waals surface area (Å²) in [6.45, 7) is 7.50. The molecule has 0 unspecified atom stereocenters. The highest BCUT2D eigenvalue weighted by Gasteiger charge is 2.32. The van der Waals surface area contributed by atoms with E-state index in [1.54, 1.807) is 24.8 Å². The zero-order chi connectivity index (χ0) is 21.2. The fourth-order valence-electron chi connectivity index (χ4n) is 3.72. The van der Waals surface area contributed by atoms with Crippen molar-refractivity contribution in [2.45, 2.75) is 38.5 Å². The molecule has 1 aromatic carbocycles. The van der Waals surface area contributed by atoms with Gasteiger partial charge in [-0.05, 0) is 37.0 Å². The normalized spacial score (nSPS) is 18.0. The van der Waals surface area contributed by atoms with Gasteiger partial charge in [0, 0.05) is 26.2 Å². The van der Waals surface area contributed by atoms with Crippen molar-refractivity contribution in [1.82, 2.24) is 9.21 Å². The standard InChI is InChI=1S/C20H29N3O5S/c1-4-22(5-2)29(26,27)16-6-7-18-17(12-16)23(20(25)14-28-18)13-19(24)21-10-8-15(3)9-11-21/h6-7,12,15H,4-5,8-11,13-14H2,1-3H3. The van der Waals surface area contributed by atoms with Gasteiger partial charge in [0.1, 0.15) is 12.3 Å². The van der Waals surface area contributed by atoms with Gasteiger partial charge in [-0.1, -0.05) is 20.8 Å². The zero-order valence-electron chi connectivity index (χ0n) is 17.3. The zero-order valence-corrected chi connectivity index (χ0v) is 18.1. The fourth-order valence-corrected chi connectivity index (χ4v) is 5.20. The van der Waals surface area contributed by atoms with Gasteiger partial charge in [-0.15, -0.1) is 0 Å². The maximum atomic E-state index is 12.9. The van der Waals surface area contributed by atoms with Crippen molar-refractivity contribution in [2.24, 2.45) is 5.92 Å². The summed E-state index contributed by atoms with van der Waals surface area (Å²) in [7, 11) is -3.69. The summed E-state index contributed by atoms with van der Waals surface area (Å²) in [6.07, 6.45) is 1.90. The first kappa shape index (κ1) is 21.6. The van der Waals surface area contributed by atoms with Crippen LogP contribution in [0, 0.1) is 5.92 Å². The van der Waals surface area contributed by atoms with Crippen LogP contribution < -0.4 is 9.64 Å². The number of likely N-dealkylation sites (tertiary alicyclic amines) is 1. The SMILES string of the molecule is CCN(CC)S(=O)(=O)c1ccc2c(c1)N(CC(=O)N1CCC(C)CC1)C(=O)CO2. The highest BCUT2D eigenvalue weighted by molar-refractivity contribution is 7.89. The van der Waals surface area contributed by atoms with Crippen LogP contribution in [-0.4, -0.2) is 68.8 Å². The molecule has 0 radical (unpaired) electrons. The first-order valence-corrected chi connectivity index (χ1v) is 11.6. The predicted octanol–water partition coefficient (Wildman–Crippen LogP) is 1.70. The Morgan fingerprint density at radius 1 is 1.21 bits per heavy atom. The number of carbonyl (C=O) groups excluding carboxylic acids is 2. The quantitative estimate of drug-likeness (QED) is 0.695. The fraction of sp³-hybridized carbons (Fsp3) is 0.600. The Balaban J connectivity index is 1.88. The van der Waals surface area contributed by atoms with Crippen molar-refractivity contribution in [3.8, 4) is 5.75 Å². The number of fused-ring (bicyclic) bond motifs is 1. The van der Waals surface area contributed by atoms with E-state index >= 15 is 0 Å². The third-order valence-corrected chi connectivity index (χ3v) is 7.69. The van der Waals surface area contributed by atoms with Gasteiger partial charge < -0.3 is 9.64 Å². The summed E-state index contributed by atoms with van der Waals surface area (Å²) in [5, 5.41) is 0. The number of amides is 2. The van der Waals surface area contributed by atoms with Gasteiger partial charge >= 0.3 is 0 Å². The van der Waals surface area contributed by atoms with E-state index in [0.717, 1.165) is 12.8 Å². The lowest BCUT2D eigenvalue weighted by atomic mass is 9.99. The molecule has 2 amide bonds. The third kappa shape index (κ3) is 4.40. The molecule has 9 heteroatoms. The summed E-state index contributed by atoms with van der Waals surface area (Å²) < 4.78 is 32.6. The van der Waals surface area contributed by atoms with Crippen LogP contribution in [0.4, 0.5) is 5.69 Å². The maximum absolute atomic E-state index is 12.9. The smallest absolute Gasteiger partial charge is 0.265 e. The lowest BCUT2D eigenvalue weighted by Crippen LogP contribution is -2.48. The Labute approximate surface area is 172 Å². The summed E-state index contributed by atoms with van der Waals surface area (Å²) in [5.41, 5.74) is 0.327. The molecule has 0 N–H and O–H groups in total. The molecule has 0 aromatic heterocycles. The van der Waals surface area contributed by atoms with Crippen LogP contribution in [0.5, 0.6) is 5.75 Å². The van der Waals surface area contributed by atoms with Crippen LogP contribution >= 0.6 is 0 Å². The Hall–Kier alpha value is -2.13. The molecule has 1 saturated heterocycles. The second-order valence-electron chi connectivity index (χ2n) is 7.55. The van der Waals surface area contributed by atoms with E-state index in [2.05, 4.69) is 6.92 Å². The van der Waals surface area contributed by atoms with Crippen molar-refractivity contribution in [2.75, 3.05) is 44.2 Å². The van der Waals surface area contributed by atoms with Gasteiger partial charge in [-0.3, -0.25) is 14.5 Å². The molecule has 0 spiro atoms. The Morgan fingerprint density at radius 3 is 2.48 bits per heavy atom. The molecule has 2 aliphatic rings. The van der Waals surface area contributed by atoms with Crippen molar-refractivity contribution in [1.29, 1.82) is 0 Å². The number of piperidine rings is 1. The molecule has 0 aliphatic carbocycles. The van der Waals surface area contributed by atoms with Gasteiger partial charge in [0.05, 0.1) is 10.6 Å². The molecule has 2 aliphatic heterocycles. The van der Waals surface area contributed by atoms with E-state index in [1.165, 1.54) is 21.3 Å². The summed E-state index contributed by atoms with van der Waals surface area (Å²) >= 11 is 0. The Morgan fingerprint density at radius 2 is 1.86 bits per heavy atom. The van der Waals surface area contributed by atoms with Crippen LogP contribution in [0.15, 0.2) is 23.1 Å². The average Bonchev–Trinajstić information content (AvgIpc) is 2.71. The summed E-state index contributed by atoms with van der Waals surface area (Å²) in [5.74, 6) is 0.518. The summed E-state index contributed by atoms with van der Waals surface area (Å²) in [4.78, 5) is 28.5. The first-order chi connectivity index (χ1) is 13.8. The number of benzene rings is 1. The van der Waals surface area contributed by atoms with Gasteiger partial charge in [-0.25, -0.2) is 8.42 Å². The van der Waals surface area contributed by atoms with E-state index < -0.39 is 10.0 Å². The molecule has 0 atom stereocenters. The number of hydrogen-bond acceptors (Lipinski definition) is 5. The number of anilines is 1. The number of nitrogens with zero attached hydrogens (tertiary/aromatic N) is 3. The van der Waals surface area contributed by atoms with E-state index in [9.17, 15) is 18.0 Å². The number of ether oxygens (including phenoxy) is 1. The first-order valence-electron chi connectivity index (χ1n) is 10.1. The van der Waals surface area contributed by atoms with Gasteiger partial charge in [0.2, 0.25) is 15.9 Å². The Bertz CT molecular complexity index is 874. The summed E-state index contributed by atoms with van der Waals surface area (Å²) in [6, 6.07) is 4.47. The van der Waals surface area contributed by atoms with E-state index in [-0.39, 0.29) is 29.9 Å². The molecule has 3 rings (SSSR count). The number of sulfonamides is 1. The van der Waals surface area contributed by atoms with Crippen LogP contribution in [0.25, 0.3) is 0 Å². The average molecular weight is 424 g/mol. The minimum Gasteiger partial charge on any atom is -0.482 e. The van der Waals surface area contributed by atoms with Crippen molar-refractivity contribution >= 4 is 27.5 Å². The molecule has 2 heterocycles. The molecule has 160 valence electrons.